The molecule has 7 heteroatoms. The lowest BCUT2D eigenvalue weighted by atomic mass is 10.2. The van der Waals surface area contributed by atoms with Crippen molar-refractivity contribution in [1.82, 2.24) is 20.3 Å². The Balaban J connectivity index is 1.63. The van der Waals surface area contributed by atoms with Crippen molar-refractivity contribution in [3.05, 3.63) is 36.2 Å². The molecular formula is C14H17N5O2. The summed E-state index contributed by atoms with van der Waals surface area (Å²) >= 11 is 0. The van der Waals surface area contributed by atoms with Crippen LogP contribution in [-0.2, 0) is 0 Å². The van der Waals surface area contributed by atoms with Gasteiger partial charge < -0.3 is 15.4 Å². The highest BCUT2D eigenvalue weighted by Gasteiger charge is 2.21. The van der Waals surface area contributed by atoms with Gasteiger partial charge in [0.1, 0.15) is 5.75 Å². The summed E-state index contributed by atoms with van der Waals surface area (Å²) in [7, 11) is 0. The van der Waals surface area contributed by atoms with Crippen molar-refractivity contribution in [3.8, 4) is 5.75 Å². The Labute approximate surface area is 122 Å². The molecule has 0 bridgehead atoms. The van der Waals surface area contributed by atoms with E-state index in [-0.39, 0.29) is 5.91 Å². The van der Waals surface area contributed by atoms with Crippen LogP contribution in [0.5, 0.6) is 5.75 Å². The fourth-order valence-electron chi connectivity index (χ4n) is 2.02. The minimum absolute atomic E-state index is 0.266. The Bertz CT molecular complexity index is 619. The monoisotopic (exact) mass is 287 g/mol. The molecule has 1 aromatic heterocycles. The van der Waals surface area contributed by atoms with Crippen molar-refractivity contribution in [2.24, 2.45) is 0 Å². The fourth-order valence-corrected chi connectivity index (χ4v) is 2.02. The standard InChI is InChI=1S/C14H17N5O2/c1-2-21-12-5-3-10(4-6-12)16-14(20)13-9-19(18-17-13)11-7-15-8-11/h3-6,9,11,15H,2,7-8H2,1H3,(H,16,20). The van der Waals surface area contributed by atoms with Gasteiger partial charge in [-0.1, -0.05) is 5.21 Å². The summed E-state index contributed by atoms with van der Waals surface area (Å²) in [4.78, 5) is 12.1. The number of amides is 1. The first-order valence-corrected chi connectivity index (χ1v) is 6.93. The molecule has 2 aromatic rings. The minimum Gasteiger partial charge on any atom is -0.494 e. The predicted molar refractivity (Wildman–Crippen MR) is 77.5 cm³/mol. The molecule has 1 aliphatic rings. The van der Waals surface area contributed by atoms with Crippen LogP contribution >= 0.6 is 0 Å². The molecule has 110 valence electrons. The van der Waals surface area contributed by atoms with Crippen LogP contribution in [0, 0.1) is 0 Å². The zero-order chi connectivity index (χ0) is 14.7. The van der Waals surface area contributed by atoms with Gasteiger partial charge in [0.2, 0.25) is 0 Å². The van der Waals surface area contributed by atoms with Crippen molar-refractivity contribution in [3.63, 3.8) is 0 Å². The third kappa shape index (κ3) is 3.03. The minimum atomic E-state index is -0.266. The average Bonchev–Trinajstić information content (AvgIpc) is 2.89. The number of nitrogens with one attached hydrogen (secondary N) is 2. The molecule has 0 unspecified atom stereocenters. The first-order chi connectivity index (χ1) is 10.3. The first-order valence-electron chi connectivity index (χ1n) is 6.93. The van der Waals surface area contributed by atoms with E-state index in [1.807, 2.05) is 19.1 Å². The second-order valence-corrected chi connectivity index (χ2v) is 4.81. The third-order valence-corrected chi connectivity index (χ3v) is 3.30. The maximum Gasteiger partial charge on any atom is 0.277 e. The molecule has 1 aromatic carbocycles. The molecule has 1 fully saturated rings. The normalized spacial score (nSPS) is 14.5. The zero-order valence-corrected chi connectivity index (χ0v) is 11.7. The van der Waals surface area contributed by atoms with Crippen LogP contribution in [0.2, 0.25) is 0 Å². The second-order valence-electron chi connectivity index (χ2n) is 4.81. The maximum absolute atomic E-state index is 12.1. The number of rotatable bonds is 5. The number of carbonyl (C=O) groups excluding carboxylic acids is 1. The SMILES string of the molecule is CCOc1ccc(NC(=O)c2cn(C3CNC3)nn2)cc1. The van der Waals surface area contributed by atoms with Gasteiger partial charge in [-0.05, 0) is 31.2 Å². The van der Waals surface area contributed by atoms with E-state index >= 15 is 0 Å². The van der Waals surface area contributed by atoms with Crippen LogP contribution < -0.4 is 15.4 Å². The highest BCUT2D eigenvalue weighted by molar-refractivity contribution is 6.02. The van der Waals surface area contributed by atoms with E-state index in [4.69, 9.17) is 4.74 Å². The lowest BCUT2D eigenvalue weighted by Gasteiger charge is -2.26. The lowest BCUT2D eigenvalue weighted by molar-refractivity contribution is 0.102. The molecule has 1 saturated heterocycles. The van der Waals surface area contributed by atoms with Gasteiger partial charge in [-0.15, -0.1) is 5.10 Å². The van der Waals surface area contributed by atoms with Crippen LogP contribution in [0.1, 0.15) is 23.5 Å². The topological polar surface area (TPSA) is 81.1 Å². The Morgan fingerprint density at radius 1 is 1.43 bits per heavy atom. The molecule has 0 spiro atoms. The van der Waals surface area contributed by atoms with Gasteiger partial charge in [-0.25, -0.2) is 4.68 Å². The van der Waals surface area contributed by atoms with Gasteiger partial charge in [0.15, 0.2) is 5.69 Å². The molecule has 0 radical (unpaired) electrons. The van der Waals surface area contributed by atoms with E-state index < -0.39 is 0 Å². The number of hydrogen-bond donors (Lipinski definition) is 2. The Hall–Kier alpha value is -2.41. The van der Waals surface area contributed by atoms with Crippen molar-refractivity contribution in [2.75, 3.05) is 25.0 Å². The molecule has 2 heterocycles. The molecule has 3 rings (SSSR count). The maximum atomic E-state index is 12.1. The van der Waals surface area contributed by atoms with Crippen LogP contribution in [0.3, 0.4) is 0 Å². The van der Waals surface area contributed by atoms with E-state index in [2.05, 4.69) is 20.9 Å². The molecule has 0 aliphatic carbocycles. The van der Waals surface area contributed by atoms with E-state index in [9.17, 15) is 4.79 Å². The molecule has 2 N–H and O–H groups in total. The molecule has 1 amide bonds. The van der Waals surface area contributed by atoms with E-state index in [0.717, 1.165) is 18.8 Å². The summed E-state index contributed by atoms with van der Waals surface area (Å²) < 4.78 is 7.08. The molecule has 0 saturated carbocycles. The van der Waals surface area contributed by atoms with Crippen LogP contribution in [0.4, 0.5) is 5.69 Å². The number of hydrogen-bond acceptors (Lipinski definition) is 5. The number of nitrogens with zero attached hydrogens (tertiary/aromatic N) is 3. The van der Waals surface area contributed by atoms with Gasteiger partial charge in [0.05, 0.1) is 18.8 Å². The fraction of sp³-hybridized carbons (Fsp3) is 0.357. The molecular weight excluding hydrogens is 270 g/mol. The number of benzene rings is 1. The smallest absolute Gasteiger partial charge is 0.277 e. The van der Waals surface area contributed by atoms with Gasteiger partial charge in [0.25, 0.3) is 5.91 Å². The van der Waals surface area contributed by atoms with Gasteiger partial charge in [0, 0.05) is 18.8 Å². The highest BCUT2D eigenvalue weighted by Crippen LogP contribution is 2.16. The first kappa shape index (κ1) is 13.6. The van der Waals surface area contributed by atoms with Gasteiger partial charge in [-0.2, -0.15) is 0 Å². The van der Waals surface area contributed by atoms with Crippen LogP contribution in [0.25, 0.3) is 0 Å². The Kier molecular flexibility index (Phi) is 3.83. The summed E-state index contributed by atoms with van der Waals surface area (Å²) in [6.07, 6.45) is 1.68. The number of aromatic nitrogens is 3. The Morgan fingerprint density at radius 3 is 2.81 bits per heavy atom. The molecule has 21 heavy (non-hydrogen) atoms. The summed E-state index contributed by atoms with van der Waals surface area (Å²) in [6, 6.07) is 7.52. The summed E-state index contributed by atoms with van der Waals surface area (Å²) in [5.41, 5.74) is 1.01. The summed E-state index contributed by atoms with van der Waals surface area (Å²) in [5, 5.41) is 13.8. The number of carbonyl (C=O) groups is 1. The summed E-state index contributed by atoms with van der Waals surface area (Å²) in [6.45, 7) is 4.27. The lowest BCUT2D eigenvalue weighted by Crippen LogP contribution is -2.43. The largest absolute Gasteiger partial charge is 0.494 e. The second kappa shape index (κ2) is 5.92. The van der Waals surface area contributed by atoms with Crippen LogP contribution in [-0.4, -0.2) is 40.6 Å². The van der Waals surface area contributed by atoms with E-state index in [1.165, 1.54) is 0 Å². The third-order valence-electron chi connectivity index (χ3n) is 3.30. The van der Waals surface area contributed by atoms with Crippen molar-refractivity contribution in [1.29, 1.82) is 0 Å². The molecule has 7 nitrogen and oxygen atoms in total. The molecule has 1 aliphatic heterocycles. The van der Waals surface area contributed by atoms with Crippen molar-refractivity contribution in [2.45, 2.75) is 13.0 Å². The summed E-state index contributed by atoms with van der Waals surface area (Å²) in [5.74, 6) is 0.511. The van der Waals surface area contributed by atoms with Gasteiger partial charge >= 0.3 is 0 Å². The van der Waals surface area contributed by atoms with E-state index in [1.54, 1.807) is 23.0 Å². The van der Waals surface area contributed by atoms with Crippen molar-refractivity contribution >= 4 is 11.6 Å². The quantitative estimate of drug-likeness (QED) is 0.860. The van der Waals surface area contributed by atoms with E-state index in [0.29, 0.717) is 24.0 Å². The molecule has 0 atom stereocenters. The zero-order valence-electron chi connectivity index (χ0n) is 11.7. The average molecular weight is 287 g/mol. The van der Waals surface area contributed by atoms with Crippen LogP contribution in [0.15, 0.2) is 30.5 Å². The number of anilines is 1. The predicted octanol–water partition coefficient (Wildman–Crippen LogP) is 1.07. The Morgan fingerprint density at radius 2 is 2.19 bits per heavy atom. The van der Waals surface area contributed by atoms with Crippen molar-refractivity contribution < 1.29 is 9.53 Å². The number of ether oxygens (including phenoxy) is 1. The highest BCUT2D eigenvalue weighted by atomic mass is 16.5. The van der Waals surface area contributed by atoms with Gasteiger partial charge in [-0.3, -0.25) is 4.79 Å².